The molecule has 1 nitrogen and oxygen atoms in total. The molecule has 1 fully saturated rings. The first-order valence-electron chi connectivity index (χ1n) is 10.4. The lowest BCUT2D eigenvalue weighted by Crippen LogP contribution is -2.28. The minimum absolute atomic E-state index is 0.400. The van der Waals surface area contributed by atoms with Crippen LogP contribution in [0.15, 0.2) is 72.8 Å². The van der Waals surface area contributed by atoms with Crippen molar-refractivity contribution in [2.75, 3.05) is 0 Å². The first-order valence-corrected chi connectivity index (χ1v) is 10.4. The molecule has 1 saturated carbocycles. The number of hydrogen-bond acceptors (Lipinski definition) is 0. The molecule has 0 spiro atoms. The van der Waals surface area contributed by atoms with E-state index in [0.29, 0.717) is 5.41 Å². The molecule has 0 saturated heterocycles. The van der Waals surface area contributed by atoms with Crippen molar-refractivity contribution in [2.24, 2.45) is 0 Å². The van der Waals surface area contributed by atoms with E-state index in [-0.39, 0.29) is 0 Å². The maximum Gasteiger partial charge on any atom is 0.0541 e. The van der Waals surface area contributed by atoms with Crippen molar-refractivity contribution in [2.45, 2.75) is 50.9 Å². The Morgan fingerprint density at radius 3 is 1.81 bits per heavy atom. The summed E-state index contributed by atoms with van der Waals surface area (Å²) in [7, 11) is 0. The molecular weight excluding hydrogens is 326 g/mol. The number of nitrogens with zero attached hydrogens (tertiary/aromatic N) is 1. The summed E-state index contributed by atoms with van der Waals surface area (Å²) in [6.45, 7) is 2.37. The van der Waals surface area contributed by atoms with Gasteiger partial charge in [0.15, 0.2) is 0 Å². The van der Waals surface area contributed by atoms with Crippen molar-refractivity contribution in [3.63, 3.8) is 0 Å². The Kier molecular flexibility index (Phi) is 4.04. The highest BCUT2D eigenvalue weighted by Gasteiger charge is 2.31. The predicted molar refractivity (Wildman–Crippen MR) is 116 cm³/mol. The van der Waals surface area contributed by atoms with Gasteiger partial charge in [0.2, 0.25) is 0 Å². The van der Waals surface area contributed by atoms with E-state index in [1.807, 2.05) is 0 Å². The topological polar surface area (TPSA) is 4.93 Å². The first kappa shape index (κ1) is 16.6. The molecule has 1 heterocycles. The zero-order valence-electron chi connectivity index (χ0n) is 16.1. The van der Waals surface area contributed by atoms with Gasteiger partial charge < -0.3 is 4.57 Å². The molecule has 0 aliphatic heterocycles. The summed E-state index contributed by atoms with van der Waals surface area (Å²) >= 11 is 0. The zero-order valence-corrected chi connectivity index (χ0v) is 16.1. The predicted octanol–water partition coefficient (Wildman–Crippen LogP) is 7.40. The Bertz CT molecular complexity index is 1030. The van der Waals surface area contributed by atoms with Crippen LogP contribution in [0.5, 0.6) is 0 Å². The monoisotopic (exact) mass is 353 g/mol. The van der Waals surface area contributed by atoms with Crippen LogP contribution in [0.1, 0.15) is 51.0 Å². The average molecular weight is 354 g/mol. The fourth-order valence-corrected chi connectivity index (χ4v) is 5.24. The summed E-state index contributed by atoms with van der Waals surface area (Å²) in [5.41, 5.74) is 5.77. The van der Waals surface area contributed by atoms with Crippen molar-refractivity contribution >= 4 is 21.8 Å². The average Bonchev–Trinajstić information content (AvgIpc) is 3.09. The van der Waals surface area contributed by atoms with Crippen molar-refractivity contribution in [3.05, 3.63) is 78.4 Å². The van der Waals surface area contributed by atoms with Crippen LogP contribution in [0.4, 0.5) is 0 Å². The summed E-state index contributed by atoms with van der Waals surface area (Å²) < 4.78 is 2.41. The maximum atomic E-state index is 2.41. The minimum atomic E-state index is 0.400. The molecule has 0 unspecified atom stereocenters. The van der Waals surface area contributed by atoms with Gasteiger partial charge >= 0.3 is 0 Å². The molecule has 136 valence electrons. The third-order valence-electron chi connectivity index (χ3n) is 6.81. The fraction of sp³-hybridized carbons (Fsp3) is 0.308. The highest BCUT2D eigenvalue weighted by Crippen LogP contribution is 2.42. The zero-order chi connectivity index (χ0) is 18.3. The van der Waals surface area contributed by atoms with Gasteiger partial charge in [0, 0.05) is 16.5 Å². The molecule has 0 atom stereocenters. The lowest BCUT2D eigenvalue weighted by Gasteiger charge is -2.37. The third kappa shape index (κ3) is 2.60. The Morgan fingerprint density at radius 2 is 1.26 bits per heavy atom. The summed E-state index contributed by atoms with van der Waals surface area (Å²) in [5.74, 6) is 0. The molecule has 0 N–H and O–H groups in total. The largest absolute Gasteiger partial charge is 0.309 e. The Balaban J connectivity index is 1.65. The second kappa shape index (κ2) is 6.56. The van der Waals surface area contributed by atoms with E-state index < -0.39 is 0 Å². The lowest BCUT2D eigenvalue weighted by molar-refractivity contribution is 0.283. The number of fused-ring (bicyclic) bond motifs is 3. The van der Waals surface area contributed by atoms with Crippen molar-refractivity contribution in [1.29, 1.82) is 0 Å². The van der Waals surface area contributed by atoms with E-state index >= 15 is 0 Å². The molecule has 0 bridgehead atoms. The molecule has 27 heavy (non-hydrogen) atoms. The number of hydrogen-bond donors (Lipinski definition) is 0. The van der Waals surface area contributed by atoms with Crippen molar-refractivity contribution in [1.82, 2.24) is 4.57 Å². The molecule has 5 rings (SSSR count). The molecule has 1 aromatic heterocycles. The molecule has 1 aliphatic rings. The van der Waals surface area contributed by atoms with Crippen LogP contribution < -0.4 is 0 Å². The van der Waals surface area contributed by atoms with E-state index in [1.165, 1.54) is 71.6 Å². The number of para-hydroxylation sites is 2. The Labute approximate surface area is 161 Å². The first-order chi connectivity index (χ1) is 13.3. The highest BCUT2D eigenvalue weighted by atomic mass is 15.0. The highest BCUT2D eigenvalue weighted by molar-refractivity contribution is 6.09. The maximum absolute atomic E-state index is 2.41. The van der Waals surface area contributed by atoms with Gasteiger partial charge in [-0.05, 0) is 54.5 Å². The standard InChI is InChI=1S/C26H27N/c1-2-26(18-8-3-9-19-26)20-14-16-21(17-15-20)27-24-12-6-4-10-22(24)23-11-5-7-13-25(23)27/h4-7,10-17H,2-3,8-9,18-19H2,1H3. The number of rotatable bonds is 3. The van der Waals surface area contributed by atoms with Crippen LogP contribution in [-0.2, 0) is 5.41 Å². The van der Waals surface area contributed by atoms with Crippen molar-refractivity contribution < 1.29 is 0 Å². The smallest absolute Gasteiger partial charge is 0.0541 e. The van der Waals surface area contributed by atoms with Gasteiger partial charge in [-0.3, -0.25) is 0 Å². The summed E-state index contributed by atoms with van der Waals surface area (Å²) in [5, 5.41) is 2.66. The molecule has 3 aromatic carbocycles. The van der Waals surface area contributed by atoms with E-state index in [9.17, 15) is 0 Å². The van der Waals surface area contributed by atoms with Gasteiger partial charge in [-0.15, -0.1) is 0 Å². The van der Waals surface area contributed by atoms with Gasteiger partial charge in [0.05, 0.1) is 11.0 Å². The SMILES string of the molecule is CCC1(c2ccc(-n3c4ccccc4c4ccccc43)cc2)CCCCC1. The van der Waals surface area contributed by atoms with Crippen LogP contribution in [0.2, 0.25) is 0 Å². The molecule has 0 radical (unpaired) electrons. The minimum Gasteiger partial charge on any atom is -0.309 e. The van der Waals surface area contributed by atoms with E-state index in [0.717, 1.165) is 0 Å². The fourth-order valence-electron chi connectivity index (χ4n) is 5.24. The number of aromatic nitrogens is 1. The lowest BCUT2D eigenvalue weighted by atomic mass is 9.68. The molecule has 1 aliphatic carbocycles. The summed E-state index contributed by atoms with van der Waals surface area (Å²) in [6, 6.07) is 26.9. The quantitative estimate of drug-likeness (QED) is 0.362. The van der Waals surface area contributed by atoms with Crippen LogP contribution in [0.3, 0.4) is 0 Å². The van der Waals surface area contributed by atoms with E-state index in [4.69, 9.17) is 0 Å². The van der Waals surface area contributed by atoms with Crippen LogP contribution >= 0.6 is 0 Å². The van der Waals surface area contributed by atoms with Gasteiger partial charge in [-0.1, -0.05) is 74.7 Å². The Hall–Kier alpha value is -2.54. The molecule has 4 aromatic rings. The van der Waals surface area contributed by atoms with Gasteiger partial charge in [-0.2, -0.15) is 0 Å². The molecular formula is C26H27N. The summed E-state index contributed by atoms with van der Waals surface area (Å²) in [4.78, 5) is 0. The number of benzene rings is 3. The Morgan fingerprint density at radius 1 is 0.704 bits per heavy atom. The van der Waals surface area contributed by atoms with Gasteiger partial charge in [-0.25, -0.2) is 0 Å². The van der Waals surface area contributed by atoms with E-state index in [1.54, 1.807) is 0 Å². The van der Waals surface area contributed by atoms with Crippen LogP contribution in [0.25, 0.3) is 27.5 Å². The summed E-state index contributed by atoms with van der Waals surface area (Å²) in [6.07, 6.45) is 8.10. The normalized spacial score (nSPS) is 16.8. The molecule has 1 heteroatoms. The third-order valence-corrected chi connectivity index (χ3v) is 6.81. The van der Waals surface area contributed by atoms with Crippen LogP contribution in [0, 0.1) is 0 Å². The van der Waals surface area contributed by atoms with Crippen molar-refractivity contribution in [3.8, 4) is 5.69 Å². The van der Waals surface area contributed by atoms with Gasteiger partial charge in [0.1, 0.15) is 0 Å². The second-order valence-corrected chi connectivity index (χ2v) is 8.11. The molecule has 0 amide bonds. The van der Waals surface area contributed by atoms with E-state index in [2.05, 4.69) is 84.3 Å². The second-order valence-electron chi connectivity index (χ2n) is 8.11. The van der Waals surface area contributed by atoms with Gasteiger partial charge in [0.25, 0.3) is 0 Å². The van der Waals surface area contributed by atoms with Crippen LogP contribution in [-0.4, -0.2) is 4.57 Å².